The highest BCUT2D eigenvalue weighted by Gasteiger charge is 2.25. The Balaban J connectivity index is 2.40. The molecule has 0 unspecified atom stereocenters. The van der Waals surface area contributed by atoms with Gasteiger partial charge in [-0.3, -0.25) is 4.79 Å². The van der Waals surface area contributed by atoms with Crippen molar-refractivity contribution in [2.45, 2.75) is 53.2 Å². The number of urea groups is 1. The lowest BCUT2D eigenvalue weighted by Gasteiger charge is -2.33. The summed E-state index contributed by atoms with van der Waals surface area (Å²) >= 11 is 0. The Morgan fingerprint density at radius 2 is 1.58 bits per heavy atom. The minimum atomic E-state index is -0.244. The van der Waals surface area contributed by atoms with Crippen molar-refractivity contribution in [3.63, 3.8) is 0 Å². The van der Waals surface area contributed by atoms with Crippen LogP contribution in [0.2, 0.25) is 0 Å². The molecule has 3 amide bonds. The summed E-state index contributed by atoms with van der Waals surface area (Å²) in [6.07, 6.45) is 0. The summed E-state index contributed by atoms with van der Waals surface area (Å²) in [6, 6.07) is 15.6. The van der Waals surface area contributed by atoms with Gasteiger partial charge in [-0.1, -0.05) is 44.2 Å². The minimum Gasteiger partial charge on any atom is -0.377 e. The Morgan fingerprint density at radius 1 is 0.935 bits per heavy atom. The van der Waals surface area contributed by atoms with Crippen LogP contribution in [0.3, 0.4) is 0 Å². The molecule has 0 aliphatic rings. The second-order valence-corrected chi connectivity index (χ2v) is 8.70. The molecule has 2 aromatic rings. The van der Waals surface area contributed by atoms with E-state index < -0.39 is 0 Å². The van der Waals surface area contributed by atoms with Gasteiger partial charge in [0.2, 0.25) is 5.91 Å². The lowest BCUT2D eigenvalue weighted by molar-refractivity contribution is -0.137. The first kappa shape index (κ1) is 24.3. The van der Waals surface area contributed by atoms with Crippen molar-refractivity contribution < 1.29 is 9.59 Å². The van der Waals surface area contributed by atoms with Gasteiger partial charge in [0.25, 0.3) is 0 Å². The first-order chi connectivity index (χ1) is 14.6. The Morgan fingerprint density at radius 3 is 2.13 bits per heavy atom. The first-order valence-electron chi connectivity index (χ1n) is 10.8. The fourth-order valence-electron chi connectivity index (χ4n) is 3.49. The van der Waals surface area contributed by atoms with Crippen molar-refractivity contribution >= 4 is 23.3 Å². The summed E-state index contributed by atoms with van der Waals surface area (Å²) in [7, 11) is 3.96. The van der Waals surface area contributed by atoms with Crippen molar-refractivity contribution in [3.8, 4) is 0 Å². The molecule has 0 aliphatic heterocycles. The lowest BCUT2D eigenvalue weighted by atomic mass is 10.0. The van der Waals surface area contributed by atoms with Gasteiger partial charge in [0.15, 0.2) is 0 Å². The summed E-state index contributed by atoms with van der Waals surface area (Å²) in [4.78, 5) is 29.3. The van der Waals surface area contributed by atoms with Gasteiger partial charge in [-0.25, -0.2) is 4.79 Å². The van der Waals surface area contributed by atoms with E-state index in [-0.39, 0.29) is 29.9 Å². The second-order valence-electron chi connectivity index (χ2n) is 8.70. The molecule has 0 radical (unpaired) electrons. The van der Waals surface area contributed by atoms with Crippen LogP contribution in [-0.2, 0) is 11.3 Å². The van der Waals surface area contributed by atoms with Gasteiger partial charge in [0.05, 0.1) is 6.04 Å². The Labute approximate surface area is 186 Å². The van der Waals surface area contributed by atoms with Gasteiger partial charge in [0, 0.05) is 44.0 Å². The number of nitrogens with zero attached hydrogens (tertiary/aromatic N) is 2. The zero-order valence-electron chi connectivity index (χ0n) is 19.8. The van der Waals surface area contributed by atoms with E-state index in [1.54, 1.807) is 0 Å². The number of amides is 3. The maximum atomic E-state index is 13.2. The Kier molecular flexibility index (Phi) is 8.48. The molecule has 6 nitrogen and oxygen atoms in total. The summed E-state index contributed by atoms with van der Waals surface area (Å²) in [5.74, 6) is -0.0240. The van der Waals surface area contributed by atoms with Crippen LogP contribution in [0.4, 0.5) is 16.2 Å². The van der Waals surface area contributed by atoms with E-state index in [0.717, 1.165) is 16.8 Å². The van der Waals surface area contributed by atoms with Crippen molar-refractivity contribution in [3.05, 3.63) is 59.7 Å². The SMILES string of the molecule is CC(C)NC(=O)Nc1ccc(N(C)C)c(CN(C(=O)C(C)C)[C@H](C)c2ccccc2)c1. The maximum absolute atomic E-state index is 13.2. The maximum Gasteiger partial charge on any atom is 0.319 e. The number of nitrogens with one attached hydrogen (secondary N) is 2. The molecule has 0 fully saturated rings. The van der Waals surface area contributed by atoms with E-state index >= 15 is 0 Å². The summed E-state index contributed by atoms with van der Waals surface area (Å²) < 4.78 is 0. The molecular formula is C25H36N4O2. The summed E-state index contributed by atoms with van der Waals surface area (Å²) in [5.41, 5.74) is 3.78. The highest BCUT2D eigenvalue weighted by Crippen LogP contribution is 2.29. The normalized spacial score (nSPS) is 11.9. The number of rotatable bonds is 8. The second kappa shape index (κ2) is 10.8. The number of hydrogen-bond acceptors (Lipinski definition) is 3. The monoisotopic (exact) mass is 424 g/mol. The van der Waals surface area contributed by atoms with Crippen molar-refractivity contribution in [2.75, 3.05) is 24.3 Å². The van der Waals surface area contributed by atoms with E-state index in [1.807, 2.05) is 100 Å². The number of carbonyl (C=O) groups is 2. The third-order valence-electron chi connectivity index (χ3n) is 5.11. The smallest absolute Gasteiger partial charge is 0.319 e. The Hall–Kier alpha value is -3.02. The van der Waals surface area contributed by atoms with Crippen molar-refractivity contribution in [1.29, 1.82) is 0 Å². The van der Waals surface area contributed by atoms with Crippen LogP contribution in [0.25, 0.3) is 0 Å². The van der Waals surface area contributed by atoms with Gasteiger partial charge >= 0.3 is 6.03 Å². The highest BCUT2D eigenvalue weighted by atomic mass is 16.2. The van der Waals surface area contributed by atoms with Gasteiger partial charge in [-0.2, -0.15) is 0 Å². The fraction of sp³-hybridized carbons (Fsp3) is 0.440. The number of carbonyl (C=O) groups excluding carboxylic acids is 2. The molecule has 0 bridgehead atoms. The Bertz CT molecular complexity index is 878. The van der Waals surface area contributed by atoms with E-state index in [1.165, 1.54) is 0 Å². The van der Waals surface area contributed by atoms with Crippen LogP contribution in [-0.4, -0.2) is 37.0 Å². The molecule has 31 heavy (non-hydrogen) atoms. The standard InChI is InChI=1S/C25H36N4O2/c1-17(2)24(30)29(19(5)20-11-9-8-10-12-20)16-21-15-22(13-14-23(21)28(6)7)27-25(31)26-18(3)4/h8-15,17-19H,16H2,1-7H3,(H2,26,27,31)/t19-/m1/s1. The molecule has 168 valence electrons. The molecule has 1 atom stereocenters. The van der Waals surface area contributed by atoms with E-state index in [0.29, 0.717) is 12.2 Å². The fourth-order valence-corrected chi connectivity index (χ4v) is 3.49. The molecule has 0 heterocycles. The minimum absolute atomic E-state index is 0.0476. The highest BCUT2D eigenvalue weighted by molar-refractivity contribution is 5.90. The topological polar surface area (TPSA) is 64.7 Å². The van der Waals surface area contributed by atoms with E-state index in [9.17, 15) is 9.59 Å². The molecule has 0 spiro atoms. The van der Waals surface area contributed by atoms with Gasteiger partial charge in [-0.15, -0.1) is 0 Å². The number of hydrogen-bond donors (Lipinski definition) is 2. The van der Waals surface area contributed by atoms with Crippen LogP contribution in [0.15, 0.2) is 48.5 Å². The van der Waals surface area contributed by atoms with Gasteiger partial charge in [0.1, 0.15) is 0 Å². The quantitative estimate of drug-likeness (QED) is 0.625. The molecule has 2 aromatic carbocycles. The predicted molar refractivity (Wildman–Crippen MR) is 128 cm³/mol. The zero-order valence-corrected chi connectivity index (χ0v) is 19.8. The van der Waals surface area contributed by atoms with Crippen LogP contribution in [0.5, 0.6) is 0 Å². The predicted octanol–water partition coefficient (Wildman–Crippen LogP) is 5.03. The van der Waals surface area contributed by atoms with Crippen LogP contribution in [0.1, 0.15) is 51.8 Å². The zero-order chi connectivity index (χ0) is 23.1. The van der Waals surface area contributed by atoms with Crippen molar-refractivity contribution in [1.82, 2.24) is 10.2 Å². The largest absolute Gasteiger partial charge is 0.377 e. The molecule has 0 aromatic heterocycles. The molecular weight excluding hydrogens is 388 g/mol. The van der Waals surface area contributed by atoms with Crippen LogP contribution in [0, 0.1) is 5.92 Å². The third kappa shape index (κ3) is 6.74. The van der Waals surface area contributed by atoms with E-state index in [4.69, 9.17) is 0 Å². The number of benzene rings is 2. The molecule has 2 N–H and O–H groups in total. The summed E-state index contributed by atoms with van der Waals surface area (Å²) in [5, 5.41) is 5.73. The first-order valence-corrected chi connectivity index (χ1v) is 10.8. The van der Waals surface area contributed by atoms with Gasteiger partial charge < -0.3 is 20.4 Å². The average Bonchev–Trinajstić information content (AvgIpc) is 2.70. The van der Waals surface area contributed by atoms with E-state index in [2.05, 4.69) is 17.6 Å². The molecule has 2 rings (SSSR count). The van der Waals surface area contributed by atoms with Crippen LogP contribution < -0.4 is 15.5 Å². The molecule has 6 heteroatoms. The molecule has 0 saturated carbocycles. The molecule has 0 aliphatic carbocycles. The summed E-state index contributed by atoms with van der Waals surface area (Å²) in [6.45, 7) is 10.2. The third-order valence-corrected chi connectivity index (χ3v) is 5.11. The lowest BCUT2D eigenvalue weighted by Crippen LogP contribution is -2.36. The van der Waals surface area contributed by atoms with Crippen LogP contribution >= 0.6 is 0 Å². The molecule has 0 saturated heterocycles. The van der Waals surface area contributed by atoms with Crippen molar-refractivity contribution in [2.24, 2.45) is 5.92 Å². The number of anilines is 2. The average molecular weight is 425 g/mol. The van der Waals surface area contributed by atoms with Gasteiger partial charge in [-0.05, 0) is 50.1 Å².